The SMILES string of the molecule is COC1=C[C@]23CCCN2CCc2cc4c(cc2[C@@H]3[C@@H]1OC(=O)[C@@](O)(CCC(C)(C)O)CC(=O)OCC(C)C)OCO4. The highest BCUT2D eigenvalue weighted by atomic mass is 16.7. The van der Waals surface area contributed by atoms with E-state index >= 15 is 0 Å². The van der Waals surface area contributed by atoms with E-state index in [-0.39, 0.29) is 38.1 Å². The van der Waals surface area contributed by atoms with Crippen LogP contribution in [0.5, 0.6) is 11.5 Å². The summed E-state index contributed by atoms with van der Waals surface area (Å²) >= 11 is 0. The lowest BCUT2D eigenvalue weighted by molar-refractivity contribution is -0.180. The Hall–Kier alpha value is -2.82. The fraction of sp³-hybridized carbons (Fsp3) is 0.677. The number of carbonyl (C=O) groups excluding carboxylic acids is 2. The van der Waals surface area contributed by atoms with E-state index in [1.807, 2.05) is 26.0 Å². The summed E-state index contributed by atoms with van der Waals surface area (Å²) in [6, 6.07) is 4.00. The Morgan fingerprint density at radius 3 is 2.56 bits per heavy atom. The zero-order valence-corrected chi connectivity index (χ0v) is 24.7. The molecule has 0 unspecified atom stereocenters. The molecule has 4 aliphatic rings. The lowest BCUT2D eigenvalue weighted by Gasteiger charge is -2.39. The molecule has 10 nitrogen and oxygen atoms in total. The van der Waals surface area contributed by atoms with Gasteiger partial charge in [-0.2, -0.15) is 0 Å². The molecule has 0 radical (unpaired) electrons. The smallest absolute Gasteiger partial charge is 0.339 e. The Balaban J connectivity index is 1.49. The Morgan fingerprint density at radius 1 is 1.15 bits per heavy atom. The van der Waals surface area contributed by atoms with Crippen molar-refractivity contribution in [2.24, 2.45) is 5.92 Å². The second-order valence-electron chi connectivity index (χ2n) is 12.9. The van der Waals surface area contributed by atoms with Crippen molar-refractivity contribution in [3.63, 3.8) is 0 Å². The second-order valence-corrected chi connectivity index (χ2v) is 12.9. The Morgan fingerprint density at radius 2 is 1.88 bits per heavy atom. The van der Waals surface area contributed by atoms with Gasteiger partial charge in [0.05, 0.1) is 37.2 Å². The van der Waals surface area contributed by atoms with Crippen molar-refractivity contribution in [2.75, 3.05) is 33.6 Å². The van der Waals surface area contributed by atoms with Crippen molar-refractivity contribution in [2.45, 2.75) is 95.0 Å². The van der Waals surface area contributed by atoms with Gasteiger partial charge in [0.25, 0.3) is 0 Å². The fourth-order valence-corrected chi connectivity index (χ4v) is 6.64. The van der Waals surface area contributed by atoms with Crippen molar-refractivity contribution in [1.82, 2.24) is 4.90 Å². The van der Waals surface area contributed by atoms with E-state index in [0.717, 1.165) is 43.5 Å². The van der Waals surface area contributed by atoms with Crippen LogP contribution >= 0.6 is 0 Å². The highest BCUT2D eigenvalue weighted by Gasteiger charge is 2.59. The maximum absolute atomic E-state index is 13.9. The molecule has 3 aliphatic heterocycles. The summed E-state index contributed by atoms with van der Waals surface area (Å²) in [6.45, 7) is 9.04. The molecular weight excluding hydrogens is 530 g/mol. The highest BCUT2D eigenvalue weighted by molar-refractivity contribution is 5.86. The summed E-state index contributed by atoms with van der Waals surface area (Å²) in [5.74, 6) is -0.00327. The van der Waals surface area contributed by atoms with Crippen molar-refractivity contribution < 1.29 is 43.5 Å². The number of benzene rings is 1. The third-order valence-corrected chi connectivity index (χ3v) is 8.74. The van der Waals surface area contributed by atoms with Gasteiger partial charge in [-0.05, 0) is 87.7 Å². The molecular formula is C31H43NO9. The van der Waals surface area contributed by atoms with Crippen LogP contribution in [-0.4, -0.2) is 83.5 Å². The molecule has 5 rings (SSSR count). The largest absolute Gasteiger partial charge is 0.497 e. The van der Waals surface area contributed by atoms with E-state index in [4.69, 9.17) is 23.7 Å². The van der Waals surface area contributed by atoms with E-state index in [1.54, 1.807) is 21.0 Å². The van der Waals surface area contributed by atoms with Crippen molar-refractivity contribution >= 4 is 11.9 Å². The minimum Gasteiger partial charge on any atom is -0.497 e. The quantitative estimate of drug-likeness (QED) is 0.403. The molecule has 1 fully saturated rings. The molecule has 1 aromatic rings. The molecule has 4 atom stereocenters. The van der Waals surface area contributed by atoms with E-state index < -0.39 is 41.2 Å². The Bertz CT molecular complexity index is 1200. The van der Waals surface area contributed by atoms with Crippen molar-refractivity contribution in [3.05, 3.63) is 35.1 Å². The topological polar surface area (TPSA) is 124 Å². The first-order valence-corrected chi connectivity index (χ1v) is 14.6. The summed E-state index contributed by atoms with van der Waals surface area (Å²) in [4.78, 5) is 29.1. The first-order chi connectivity index (χ1) is 19.3. The van der Waals surface area contributed by atoms with Crippen LogP contribution < -0.4 is 9.47 Å². The monoisotopic (exact) mass is 573 g/mol. The lowest BCUT2D eigenvalue weighted by Crippen LogP contribution is -2.49. The summed E-state index contributed by atoms with van der Waals surface area (Å²) < 4.78 is 28.7. The van der Waals surface area contributed by atoms with Crippen LogP contribution in [0.25, 0.3) is 0 Å². The average molecular weight is 574 g/mol. The molecule has 0 aromatic heterocycles. The number of ether oxygens (including phenoxy) is 5. The predicted molar refractivity (Wildman–Crippen MR) is 148 cm³/mol. The maximum atomic E-state index is 13.9. The molecule has 1 aromatic carbocycles. The van der Waals surface area contributed by atoms with Crippen LogP contribution in [0.4, 0.5) is 0 Å². The van der Waals surface area contributed by atoms with Gasteiger partial charge >= 0.3 is 11.9 Å². The predicted octanol–water partition coefficient (Wildman–Crippen LogP) is 3.22. The number of fused-ring (bicyclic) bond motifs is 3. The Kier molecular flexibility index (Phi) is 8.04. The van der Waals surface area contributed by atoms with E-state index in [9.17, 15) is 19.8 Å². The number of rotatable bonds is 10. The summed E-state index contributed by atoms with van der Waals surface area (Å²) in [5.41, 5.74) is -1.71. The summed E-state index contributed by atoms with van der Waals surface area (Å²) in [7, 11) is 1.55. The van der Waals surface area contributed by atoms with Gasteiger partial charge in [-0.25, -0.2) is 4.79 Å². The first-order valence-electron chi connectivity index (χ1n) is 14.6. The zero-order valence-electron chi connectivity index (χ0n) is 24.7. The van der Waals surface area contributed by atoms with Crippen LogP contribution in [0.1, 0.15) is 76.8 Å². The third-order valence-electron chi connectivity index (χ3n) is 8.74. The number of aliphatic hydroxyl groups is 2. The minimum atomic E-state index is -2.19. The third kappa shape index (κ3) is 5.79. The molecule has 1 saturated heterocycles. The van der Waals surface area contributed by atoms with Crippen LogP contribution in [-0.2, 0) is 30.2 Å². The fourth-order valence-electron chi connectivity index (χ4n) is 6.64. The van der Waals surface area contributed by atoms with Gasteiger partial charge in [0.15, 0.2) is 23.2 Å². The highest BCUT2D eigenvalue weighted by Crippen LogP contribution is 2.55. The number of methoxy groups -OCH3 is 1. The molecule has 2 N–H and O–H groups in total. The van der Waals surface area contributed by atoms with E-state index in [2.05, 4.69) is 11.0 Å². The van der Waals surface area contributed by atoms with Gasteiger partial charge in [-0.1, -0.05) is 13.8 Å². The molecule has 10 heteroatoms. The van der Waals surface area contributed by atoms with Gasteiger partial charge in [0.1, 0.15) is 5.76 Å². The zero-order chi connectivity index (χ0) is 29.6. The number of hydrogen-bond donors (Lipinski definition) is 2. The molecule has 226 valence electrons. The standard InChI is InChI=1S/C31H43NO9/c1-19(2)17-38-25(33)16-31(36,10-9-29(3,4)35)28(34)41-27-24(37-5)15-30-8-6-11-32(30)12-7-20-13-22-23(40-18-39-22)14-21(20)26(27)30/h13-15,19,26-27,35-36H,6-12,16-18H2,1-5H3/t26-,27-,30+,31-/m1/s1. The van der Waals surface area contributed by atoms with Crippen molar-refractivity contribution in [1.29, 1.82) is 0 Å². The van der Waals surface area contributed by atoms with Crippen molar-refractivity contribution in [3.8, 4) is 11.5 Å². The molecule has 0 saturated carbocycles. The average Bonchev–Trinajstić information content (AvgIpc) is 3.59. The van der Waals surface area contributed by atoms with Crippen LogP contribution in [0.15, 0.2) is 24.0 Å². The van der Waals surface area contributed by atoms with Crippen LogP contribution in [0.2, 0.25) is 0 Å². The van der Waals surface area contributed by atoms with Crippen LogP contribution in [0.3, 0.4) is 0 Å². The number of carbonyl (C=O) groups is 2. The normalized spacial score (nSPS) is 26.4. The second kappa shape index (κ2) is 11.1. The first kappa shape index (κ1) is 29.7. The van der Waals surface area contributed by atoms with Gasteiger partial charge in [0.2, 0.25) is 6.79 Å². The van der Waals surface area contributed by atoms with E-state index in [0.29, 0.717) is 17.3 Å². The molecule has 41 heavy (non-hydrogen) atoms. The lowest BCUT2D eigenvalue weighted by atomic mass is 9.77. The number of hydrogen-bond acceptors (Lipinski definition) is 10. The van der Waals surface area contributed by atoms with Crippen LogP contribution in [0, 0.1) is 5.92 Å². The molecule has 0 amide bonds. The molecule has 3 heterocycles. The number of nitrogens with zero attached hydrogens (tertiary/aromatic N) is 1. The molecule has 0 bridgehead atoms. The van der Waals surface area contributed by atoms with E-state index in [1.165, 1.54) is 0 Å². The molecule has 1 aliphatic carbocycles. The van der Waals surface area contributed by atoms with Gasteiger partial charge in [-0.15, -0.1) is 0 Å². The number of esters is 2. The minimum absolute atomic E-state index is 0.0706. The maximum Gasteiger partial charge on any atom is 0.339 e. The Labute approximate surface area is 241 Å². The van der Waals surface area contributed by atoms with Gasteiger partial charge < -0.3 is 33.9 Å². The van der Waals surface area contributed by atoms with Gasteiger partial charge in [0, 0.05) is 6.54 Å². The van der Waals surface area contributed by atoms with Gasteiger partial charge in [-0.3, -0.25) is 9.69 Å². The molecule has 1 spiro atoms. The summed E-state index contributed by atoms with van der Waals surface area (Å²) in [6.07, 6.45) is 3.20. The summed E-state index contributed by atoms with van der Waals surface area (Å²) in [5, 5.41) is 22.0.